The van der Waals surface area contributed by atoms with Crippen LogP contribution in [0.15, 0.2) is 317 Å². The van der Waals surface area contributed by atoms with Crippen molar-refractivity contribution >= 4 is 134 Å². The molecule has 0 bridgehead atoms. The van der Waals surface area contributed by atoms with E-state index in [0.717, 1.165) is 289 Å². The molecule has 0 radical (unpaired) electrons. The Kier molecular flexibility index (Phi) is 24.7. The number of hydrogen-bond acceptors (Lipinski definition) is 20. The first-order chi connectivity index (χ1) is 73.9. The molecule has 4 aliphatic carbocycles. The van der Waals surface area contributed by atoms with Crippen LogP contribution in [0.4, 0.5) is 22.7 Å². The number of amides is 4. The highest BCUT2D eigenvalue weighted by Crippen LogP contribution is 2.43. The highest BCUT2D eigenvalue weighted by atomic mass is 16.2. The summed E-state index contributed by atoms with van der Waals surface area (Å²) in [5.41, 5.74) is 31.5. The van der Waals surface area contributed by atoms with Crippen molar-refractivity contribution in [2.75, 3.05) is 21.3 Å². The normalized spacial score (nSPS) is 13.8. The summed E-state index contributed by atoms with van der Waals surface area (Å²) in [6.07, 6.45) is 35.7. The number of pyridine rings is 8. The van der Waals surface area contributed by atoms with Crippen LogP contribution in [-0.2, 0) is 19.2 Å². The number of imidazole rings is 4. The van der Waals surface area contributed by atoms with Gasteiger partial charge in [0.2, 0.25) is 23.6 Å². The molecule has 4 amide bonds. The quantitative estimate of drug-likeness (QED) is 0.0337. The predicted molar refractivity (Wildman–Crippen MR) is 584 cm³/mol. The zero-order valence-corrected chi connectivity index (χ0v) is 81.0. The van der Waals surface area contributed by atoms with Gasteiger partial charge >= 0.3 is 0 Å². The van der Waals surface area contributed by atoms with Crippen LogP contribution in [0.2, 0.25) is 0 Å². The van der Waals surface area contributed by atoms with Crippen molar-refractivity contribution in [3.8, 4) is 136 Å². The SMILES string of the molecule is O=C(Nc1cncc(-c2ccc3[nH]nc(-c4nc5c(-c6ccccn6)cccc5[nH]4)c3c2)c1)C1CC1.O=C(Nc1cncc(-c2ccc3[nH]nc(-c4nc5c(-c6ccccn6)cccc5[nH]4)c3c2)c1)C1CCC1.O=C(Nc1cncc(-c2ccc3[nH]nc(-c4nc5c(-c6ccccn6)cccc5[nH]4)c3c2)c1)C1CCCC1.O=C(Nc1cncc(-c2ccc3[nH]nc(-c4nc5c(-c6ccccn6)cccc5[nH]4)c3c2)c1)C1CCCCC1. The van der Waals surface area contributed by atoms with E-state index in [1.807, 2.05) is 231 Å². The second kappa shape index (κ2) is 40.3. The van der Waals surface area contributed by atoms with Crippen molar-refractivity contribution in [1.29, 1.82) is 0 Å². The van der Waals surface area contributed by atoms with Gasteiger partial charge in [0, 0.05) is 139 Å². The molecule has 32 heteroatoms. The number of hydrogen-bond donors (Lipinski definition) is 12. The molecule has 16 aromatic heterocycles. The minimum atomic E-state index is 0.0662. The van der Waals surface area contributed by atoms with Gasteiger partial charge in [0.15, 0.2) is 23.3 Å². The standard InChI is InChI=1S/C31H27N7O.C30H25N7O.C29H23N7O.C28H21N7O/c39-31(19-7-2-1-3-8-19)34-22-15-21(17-32-18-22)20-12-13-26-24(16-20)29(38-37-26)30-35-27-11-6-9-23(28(27)36-30)25-10-4-5-14-33-25;38-30(18-6-1-2-7-18)33-21-14-20(16-31-17-21)19-11-12-25-23(15-19)28(37-36-25)29-34-26-10-5-8-22(27(26)35-29)24-9-3-4-13-32-24;37-29(17-5-3-6-17)32-20-13-19(15-30-16-20)18-10-11-24-22(14-18)27(36-35-24)28-33-25-9-4-7-21(26(25)34-28)23-8-1-2-12-31-23;36-28(16-7-8-16)31-19-12-18(14-29-15-19)17-9-10-23-21(13-17)26(35-34-23)27-32-24-6-3-4-20(25(24)33-27)22-5-1-2-11-30-22/h4-6,9-19H,1-3,7-8H2,(H,34,39)(H,35,36)(H,37,38);3-5,8-18H,1-2,6-7H2,(H,33,38)(H,34,35)(H,36,37);1-2,4,7-17H,3,5-6H2,(H,32,37)(H,33,34)(H,35,36);1-6,9-16H,7-8H2,(H,31,36)(H,32,33)(H,34,35). The van der Waals surface area contributed by atoms with Gasteiger partial charge in [-0.15, -0.1) is 0 Å². The summed E-state index contributed by atoms with van der Waals surface area (Å²) in [6, 6.07) is 79.9. The minimum absolute atomic E-state index is 0.0662. The first-order valence-corrected chi connectivity index (χ1v) is 50.5. The smallest absolute Gasteiger partial charge is 0.227 e. The number of H-pyrrole nitrogens is 8. The predicted octanol–water partition coefficient (Wildman–Crippen LogP) is 24.7. The number of rotatable bonds is 20. The number of aromatic nitrogens is 24. The number of fused-ring (bicyclic) bond motifs is 8. The molecule has 16 heterocycles. The van der Waals surface area contributed by atoms with E-state index in [2.05, 4.69) is 146 Å². The van der Waals surface area contributed by atoms with E-state index in [9.17, 15) is 19.2 Å². The molecule has 4 aliphatic rings. The summed E-state index contributed by atoms with van der Waals surface area (Å²) < 4.78 is 0. The number of nitrogens with one attached hydrogen (secondary N) is 12. The molecule has 12 N–H and O–H groups in total. The summed E-state index contributed by atoms with van der Waals surface area (Å²) in [4.78, 5) is 119. The van der Waals surface area contributed by atoms with Crippen LogP contribution in [0.1, 0.15) is 89.9 Å². The third kappa shape index (κ3) is 18.9. The second-order valence-corrected chi connectivity index (χ2v) is 38.4. The number of benzene rings is 8. The van der Waals surface area contributed by atoms with Gasteiger partial charge in [0.05, 0.1) is 137 Å². The van der Waals surface area contributed by atoms with E-state index >= 15 is 0 Å². The summed E-state index contributed by atoms with van der Waals surface area (Å²) >= 11 is 0. The highest BCUT2D eigenvalue weighted by molar-refractivity contribution is 6.05. The topological polar surface area (TPSA) is 449 Å². The van der Waals surface area contributed by atoms with Crippen LogP contribution < -0.4 is 21.3 Å². The van der Waals surface area contributed by atoms with Crippen molar-refractivity contribution in [2.45, 2.75) is 89.9 Å². The van der Waals surface area contributed by atoms with Gasteiger partial charge in [0.25, 0.3) is 0 Å². The number of anilines is 4. The molecule has 24 aromatic rings. The Labute approximate surface area is 856 Å². The first-order valence-electron chi connectivity index (χ1n) is 50.5. The highest BCUT2D eigenvalue weighted by Gasteiger charge is 2.32. The molecule has 0 saturated heterocycles. The van der Waals surface area contributed by atoms with Crippen LogP contribution in [0.5, 0.6) is 0 Å². The van der Waals surface area contributed by atoms with Crippen LogP contribution in [0.25, 0.3) is 223 Å². The largest absolute Gasteiger partial charge is 0.337 e. The lowest BCUT2D eigenvalue weighted by Crippen LogP contribution is -2.28. The zero-order chi connectivity index (χ0) is 100. The van der Waals surface area contributed by atoms with Crippen molar-refractivity contribution < 1.29 is 19.2 Å². The van der Waals surface area contributed by atoms with Crippen molar-refractivity contribution in [1.82, 2.24) is 121 Å². The zero-order valence-electron chi connectivity index (χ0n) is 81.0. The third-order valence-electron chi connectivity index (χ3n) is 28.4. The fourth-order valence-corrected chi connectivity index (χ4v) is 20.2. The Morgan fingerprint density at radius 1 is 0.233 bits per heavy atom. The van der Waals surface area contributed by atoms with Gasteiger partial charge in [0.1, 0.15) is 22.8 Å². The average molecular weight is 1970 g/mol. The molecule has 4 saturated carbocycles. The molecule has 150 heavy (non-hydrogen) atoms. The summed E-state index contributed by atoms with van der Waals surface area (Å²) in [6.45, 7) is 0. The van der Waals surface area contributed by atoms with Gasteiger partial charge in [-0.25, -0.2) is 19.9 Å². The molecule has 8 aromatic carbocycles. The van der Waals surface area contributed by atoms with Crippen molar-refractivity contribution in [2.24, 2.45) is 23.7 Å². The van der Waals surface area contributed by atoms with Crippen molar-refractivity contribution in [3.63, 3.8) is 0 Å². The Morgan fingerprint density at radius 2 is 0.487 bits per heavy atom. The lowest BCUT2D eigenvalue weighted by atomic mass is 9.85. The van der Waals surface area contributed by atoms with E-state index in [-0.39, 0.29) is 47.3 Å². The molecule has 732 valence electrons. The van der Waals surface area contributed by atoms with Crippen LogP contribution in [0, 0.1) is 23.7 Å². The Bertz CT molecular complexity index is 9210. The molecule has 4 fully saturated rings. The molecule has 0 unspecified atom stereocenters. The third-order valence-corrected chi connectivity index (χ3v) is 28.4. The van der Waals surface area contributed by atoms with E-state index in [1.165, 1.54) is 6.42 Å². The van der Waals surface area contributed by atoms with Gasteiger partial charge in [-0.2, -0.15) is 20.4 Å². The van der Waals surface area contributed by atoms with Crippen molar-refractivity contribution in [3.05, 3.63) is 317 Å². The maximum atomic E-state index is 12.8. The summed E-state index contributed by atoms with van der Waals surface area (Å²) in [5.74, 6) is 3.51. The molecule has 0 atom stereocenters. The van der Waals surface area contributed by atoms with Gasteiger partial charge < -0.3 is 41.2 Å². The molecular formula is C118H96N28O4. The second-order valence-electron chi connectivity index (χ2n) is 38.4. The number of carbonyl (C=O) groups is 4. The maximum absolute atomic E-state index is 12.8. The molecule has 0 spiro atoms. The van der Waals surface area contributed by atoms with E-state index < -0.39 is 0 Å². The molecule has 0 aliphatic heterocycles. The minimum Gasteiger partial charge on any atom is -0.337 e. The lowest BCUT2D eigenvalue weighted by Gasteiger charge is -2.24. The fraction of sp³-hybridized carbons (Fsp3) is 0.153. The van der Waals surface area contributed by atoms with E-state index in [4.69, 9.17) is 19.9 Å². The van der Waals surface area contributed by atoms with Crippen LogP contribution >= 0.6 is 0 Å². The van der Waals surface area contributed by atoms with Gasteiger partial charge in [-0.1, -0.05) is 136 Å². The molecule has 28 rings (SSSR count). The Morgan fingerprint density at radius 3 is 0.727 bits per heavy atom. The van der Waals surface area contributed by atoms with Crippen LogP contribution in [-0.4, -0.2) is 144 Å². The number of para-hydroxylation sites is 4. The van der Waals surface area contributed by atoms with Gasteiger partial charge in [-0.05, 0) is 219 Å². The number of carbonyl (C=O) groups excluding carboxylic acids is 4. The van der Waals surface area contributed by atoms with Crippen LogP contribution in [0.3, 0.4) is 0 Å². The fourth-order valence-electron chi connectivity index (χ4n) is 20.2. The Balaban J connectivity index is 0.000000104. The molecular weight excluding hydrogens is 1870 g/mol. The monoisotopic (exact) mass is 1970 g/mol. The maximum Gasteiger partial charge on any atom is 0.227 e. The number of nitrogens with zero attached hydrogens (tertiary/aromatic N) is 16. The average Bonchev–Trinajstić information content (AvgIpc) is 1.62. The lowest BCUT2D eigenvalue weighted by molar-refractivity contribution is -0.122. The van der Waals surface area contributed by atoms with E-state index in [1.54, 1.807) is 62.0 Å². The van der Waals surface area contributed by atoms with Gasteiger partial charge in [-0.3, -0.25) is 79.4 Å². The van der Waals surface area contributed by atoms with E-state index in [0.29, 0.717) is 40.4 Å². The summed E-state index contributed by atoms with van der Waals surface area (Å²) in [5, 5.41) is 46.8. The molecule has 32 nitrogen and oxygen atoms in total. The Hall–Kier alpha value is -19.4. The summed E-state index contributed by atoms with van der Waals surface area (Å²) in [7, 11) is 0. The number of aromatic amines is 8. The first kappa shape index (κ1) is 91.8.